The summed E-state index contributed by atoms with van der Waals surface area (Å²) in [7, 11) is 1.67. The highest BCUT2D eigenvalue weighted by Gasteiger charge is 2.19. The van der Waals surface area contributed by atoms with E-state index in [0.29, 0.717) is 10.2 Å². The van der Waals surface area contributed by atoms with Gasteiger partial charge in [-0.05, 0) is 34.1 Å². The minimum absolute atomic E-state index is 0.0835. The van der Waals surface area contributed by atoms with Crippen molar-refractivity contribution in [1.29, 1.82) is 0 Å². The number of carbonyl (C=O) groups excluding carboxylic acids is 1. The number of aromatic nitrogens is 1. The normalized spacial score (nSPS) is 10.3. The van der Waals surface area contributed by atoms with Crippen LogP contribution in [0.15, 0.2) is 34.9 Å². The molecule has 0 aliphatic heterocycles. The van der Waals surface area contributed by atoms with Gasteiger partial charge in [0.05, 0.1) is 5.69 Å². The number of carboxylic acids is 1. The van der Waals surface area contributed by atoms with Gasteiger partial charge in [0.2, 0.25) is 0 Å². The summed E-state index contributed by atoms with van der Waals surface area (Å²) in [6.45, 7) is 0. The van der Waals surface area contributed by atoms with Gasteiger partial charge in [0, 0.05) is 17.7 Å². The van der Waals surface area contributed by atoms with Crippen LogP contribution in [0.25, 0.3) is 0 Å². The molecule has 1 amide bonds. The Morgan fingerprint density at radius 1 is 1.40 bits per heavy atom. The minimum Gasteiger partial charge on any atom is -0.478 e. The molecule has 20 heavy (non-hydrogen) atoms. The van der Waals surface area contributed by atoms with Gasteiger partial charge in [-0.25, -0.2) is 9.18 Å². The smallest absolute Gasteiger partial charge is 0.340 e. The Balaban J connectivity index is 2.36. The summed E-state index contributed by atoms with van der Waals surface area (Å²) in [4.78, 5) is 23.1. The van der Waals surface area contributed by atoms with Crippen LogP contribution in [0.4, 0.5) is 10.1 Å². The summed E-state index contributed by atoms with van der Waals surface area (Å²) in [6.07, 6.45) is 1.68. The number of aromatic carboxylic acids is 1. The number of benzene rings is 1. The fraction of sp³-hybridized carbons (Fsp3) is 0.0769. The van der Waals surface area contributed by atoms with E-state index >= 15 is 0 Å². The molecule has 5 nitrogen and oxygen atoms in total. The summed E-state index contributed by atoms with van der Waals surface area (Å²) in [5, 5.41) is 11.4. The number of carbonyl (C=O) groups is 2. The number of aryl methyl sites for hydroxylation is 1. The number of halogens is 2. The lowest BCUT2D eigenvalue weighted by Crippen LogP contribution is -2.18. The first-order valence-electron chi connectivity index (χ1n) is 5.55. The molecule has 0 aliphatic carbocycles. The lowest BCUT2D eigenvalue weighted by Gasteiger charge is -2.09. The quantitative estimate of drug-likeness (QED) is 0.902. The highest BCUT2D eigenvalue weighted by atomic mass is 79.9. The zero-order valence-electron chi connectivity index (χ0n) is 10.4. The topological polar surface area (TPSA) is 71.3 Å². The molecule has 0 atom stereocenters. The predicted molar refractivity (Wildman–Crippen MR) is 74.4 cm³/mol. The highest BCUT2D eigenvalue weighted by Crippen LogP contribution is 2.21. The molecule has 2 aromatic rings. The Bertz CT molecular complexity index is 697. The summed E-state index contributed by atoms with van der Waals surface area (Å²) in [5.41, 5.74) is -0.327. The molecule has 1 aromatic heterocycles. The molecule has 2 N–H and O–H groups in total. The van der Waals surface area contributed by atoms with Crippen LogP contribution >= 0.6 is 15.9 Å². The predicted octanol–water partition coefficient (Wildman–Crippen LogP) is 2.88. The molecule has 1 heterocycles. The van der Waals surface area contributed by atoms with Crippen molar-refractivity contribution >= 4 is 33.5 Å². The Morgan fingerprint density at radius 2 is 2.10 bits per heavy atom. The largest absolute Gasteiger partial charge is 0.478 e. The summed E-state index contributed by atoms with van der Waals surface area (Å²) >= 11 is 3.23. The monoisotopic (exact) mass is 340 g/mol. The third kappa shape index (κ3) is 2.72. The van der Waals surface area contributed by atoms with Crippen molar-refractivity contribution in [3.8, 4) is 0 Å². The van der Waals surface area contributed by atoms with Gasteiger partial charge in [0.1, 0.15) is 17.1 Å². The first-order valence-corrected chi connectivity index (χ1v) is 6.34. The third-order valence-corrected chi connectivity index (χ3v) is 3.11. The second-order valence-corrected chi connectivity index (χ2v) is 4.99. The molecular formula is C13H10BrFN2O3. The Hall–Kier alpha value is -2.15. The standard InChI is InChI=1S/C13H10BrFN2O3/c1-17-6-7(14)5-10(17)12(18)16-9-4-2-3-8(15)11(9)13(19)20/h2-6H,1H3,(H,16,18)(H,19,20). The molecule has 0 aliphatic rings. The molecule has 2 rings (SSSR count). The third-order valence-electron chi connectivity index (χ3n) is 2.68. The molecule has 1 aromatic carbocycles. The minimum atomic E-state index is -1.44. The van der Waals surface area contributed by atoms with E-state index in [4.69, 9.17) is 5.11 Å². The van der Waals surface area contributed by atoms with Crippen LogP contribution in [-0.4, -0.2) is 21.6 Å². The van der Waals surface area contributed by atoms with Crippen LogP contribution in [0.1, 0.15) is 20.8 Å². The van der Waals surface area contributed by atoms with Crippen molar-refractivity contribution in [2.75, 3.05) is 5.32 Å². The molecule has 0 saturated carbocycles. The van der Waals surface area contributed by atoms with Crippen LogP contribution in [0.5, 0.6) is 0 Å². The SMILES string of the molecule is Cn1cc(Br)cc1C(=O)Nc1cccc(F)c1C(=O)O. The second-order valence-electron chi connectivity index (χ2n) is 4.08. The molecule has 0 saturated heterocycles. The average molecular weight is 341 g/mol. The summed E-state index contributed by atoms with van der Waals surface area (Å²) in [6, 6.07) is 5.27. The highest BCUT2D eigenvalue weighted by molar-refractivity contribution is 9.10. The van der Waals surface area contributed by atoms with Gasteiger partial charge in [-0.3, -0.25) is 4.79 Å². The lowest BCUT2D eigenvalue weighted by molar-refractivity contribution is 0.0693. The molecule has 0 bridgehead atoms. The van der Waals surface area contributed by atoms with Crippen LogP contribution in [0.3, 0.4) is 0 Å². The molecule has 104 valence electrons. The van der Waals surface area contributed by atoms with Gasteiger partial charge >= 0.3 is 5.97 Å². The van der Waals surface area contributed by atoms with Crippen LogP contribution in [-0.2, 0) is 7.05 Å². The van der Waals surface area contributed by atoms with Crippen molar-refractivity contribution in [3.63, 3.8) is 0 Å². The number of nitrogens with one attached hydrogen (secondary N) is 1. The van der Waals surface area contributed by atoms with E-state index < -0.39 is 23.3 Å². The van der Waals surface area contributed by atoms with Gasteiger partial charge in [-0.1, -0.05) is 6.07 Å². The van der Waals surface area contributed by atoms with E-state index in [9.17, 15) is 14.0 Å². The molecule has 0 unspecified atom stereocenters. The maximum atomic E-state index is 13.5. The Labute approximate surface area is 122 Å². The van der Waals surface area contributed by atoms with Gasteiger partial charge in [-0.2, -0.15) is 0 Å². The molecule has 0 radical (unpaired) electrons. The number of hydrogen-bond acceptors (Lipinski definition) is 2. The van der Waals surface area contributed by atoms with E-state index in [-0.39, 0.29) is 5.69 Å². The van der Waals surface area contributed by atoms with Crippen molar-refractivity contribution in [1.82, 2.24) is 4.57 Å². The van der Waals surface area contributed by atoms with Crippen molar-refractivity contribution < 1.29 is 19.1 Å². The maximum absolute atomic E-state index is 13.5. The van der Waals surface area contributed by atoms with Gasteiger partial charge in [-0.15, -0.1) is 0 Å². The van der Waals surface area contributed by atoms with Crippen molar-refractivity contribution in [2.24, 2.45) is 7.05 Å². The first kappa shape index (κ1) is 14.3. The fourth-order valence-corrected chi connectivity index (χ4v) is 2.31. The van der Waals surface area contributed by atoms with Crippen LogP contribution in [0.2, 0.25) is 0 Å². The number of nitrogens with zero attached hydrogens (tertiary/aromatic N) is 1. The number of anilines is 1. The molecule has 0 fully saturated rings. The number of carboxylic acid groups (broad SMARTS) is 1. The number of amides is 1. The fourth-order valence-electron chi connectivity index (χ4n) is 1.78. The lowest BCUT2D eigenvalue weighted by atomic mass is 10.1. The van der Waals surface area contributed by atoms with E-state index in [1.807, 2.05) is 0 Å². The van der Waals surface area contributed by atoms with E-state index in [1.54, 1.807) is 23.9 Å². The average Bonchev–Trinajstić information content (AvgIpc) is 2.68. The second kappa shape index (κ2) is 5.46. The van der Waals surface area contributed by atoms with Gasteiger partial charge < -0.3 is 15.0 Å². The van der Waals surface area contributed by atoms with E-state index in [0.717, 1.165) is 6.07 Å². The Kier molecular flexibility index (Phi) is 3.89. The summed E-state index contributed by atoms with van der Waals surface area (Å²) < 4.78 is 15.8. The molecule has 0 spiro atoms. The number of hydrogen-bond donors (Lipinski definition) is 2. The zero-order chi connectivity index (χ0) is 14.9. The Morgan fingerprint density at radius 3 is 2.65 bits per heavy atom. The van der Waals surface area contributed by atoms with Crippen molar-refractivity contribution in [3.05, 3.63) is 52.0 Å². The van der Waals surface area contributed by atoms with Crippen LogP contribution in [0, 0.1) is 5.82 Å². The molecular weight excluding hydrogens is 331 g/mol. The molecule has 7 heteroatoms. The summed E-state index contributed by atoms with van der Waals surface area (Å²) in [5.74, 6) is -2.86. The maximum Gasteiger partial charge on any atom is 0.340 e. The van der Waals surface area contributed by atoms with E-state index in [2.05, 4.69) is 21.2 Å². The van der Waals surface area contributed by atoms with E-state index in [1.165, 1.54) is 12.1 Å². The zero-order valence-corrected chi connectivity index (χ0v) is 11.9. The van der Waals surface area contributed by atoms with Crippen molar-refractivity contribution in [2.45, 2.75) is 0 Å². The van der Waals surface area contributed by atoms with Gasteiger partial charge in [0.15, 0.2) is 0 Å². The van der Waals surface area contributed by atoms with Crippen LogP contribution < -0.4 is 5.32 Å². The van der Waals surface area contributed by atoms with Gasteiger partial charge in [0.25, 0.3) is 5.91 Å². The number of rotatable bonds is 3. The first-order chi connectivity index (χ1) is 9.40.